The third-order valence-corrected chi connectivity index (χ3v) is 3.20. The van der Waals surface area contributed by atoms with Crippen molar-refractivity contribution in [2.45, 2.75) is 43.6 Å². The van der Waals surface area contributed by atoms with Crippen LogP contribution in [0, 0.1) is 0 Å². The van der Waals surface area contributed by atoms with Crippen molar-refractivity contribution < 1.29 is 18.0 Å². The first-order valence-corrected chi connectivity index (χ1v) is 5.97. The quantitative estimate of drug-likeness (QED) is 0.897. The lowest BCUT2D eigenvalue weighted by Gasteiger charge is -2.25. The fraction of sp³-hybridized carbons (Fsp3) is 0.818. The molecule has 1 saturated carbocycles. The Morgan fingerprint density at radius 1 is 1.50 bits per heavy atom. The number of methoxy groups -OCH3 is 1. The zero-order valence-electron chi connectivity index (χ0n) is 10.2. The topological polar surface area (TPSA) is 74.2 Å². The van der Waals surface area contributed by atoms with Gasteiger partial charge in [-0.05, 0) is 12.8 Å². The maximum Gasteiger partial charge on any atom is 0.248 e. The normalized spacial score (nSPS) is 22.0. The molecule has 1 aliphatic carbocycles. The maximum atomic E-state index is 13.0. The minimum absolute atomic E-state index is 0.0828. The van der Waals surface area contributed by atoms with Crippen molar-refractivity contribution in [2.75, 3.05) is 13.7 Å². The number of hydrogen-bond acceptors (Lipinski definition) is 5. The standard InChI is InChI=1S/C11H17F2N3O2/c1-17-6-8(14)9-15-10(18-16-9)7-2-4-11(12,13)5-3-7/h7-8H,2-6,14H2,1H3. The number of rotatable bonds is 4. The zero-order valence-corrected chi connectivity index (χ0v) is 10.2. The number of nitrogens with zero attached hydrogens (tertiary/aromatic N) is 2. The monoisotopic (exact) mass is 261 g/mol. The maximum absolute atomic E-state index is 13.0. The Kier molecular flexibility index (Phi) is 3.91. The van der Waals surface area contributed by atoms with Crippen molar-refractivity contribution in [3.8, 4) is 0 Å². The van der Waals surface area contributed by atoms with Gasteiger partial charge in [0.2, 0.25) is 11.8 Å². The minimum Gasteiger partial charge on any atom is -0.383 e. The van der Waals surface area contributed by atoms with Gasteiger partial charge in [-0.15, -0.1) is 0 Å². The molecule has 1 aromatic heterocycles. The smallest absolute Gasteiger partial charge is 0.248 e. The van der Waals surface area contributed by atoms with E-state index in [0.717, 1.165) is 0 Å². The molecule has 0 aliphatic heterocycles. The van der Waals surface area contributed by atoms with Gasteiger partial charge in [-0.25, -0.2) is 8.78 Å². The summed E-state index contributed by atoms with van der Waals surface area (Å²) in [6.45, 7) is 0.293. The van der Waals surface area contributed by atoms with Crippen LogP contribution in [0.2, 0.25) is 0 Å². The molecule has 1 fully saturated rings. The highest BCUT2D eigenvalue weighted by atomic mass is 19.3. The van der Waals surface area contributed by atoms with Crippen molar-refractivity contribution in [3.05, 3.63) is 11.7 Å². The summed E-state index contributed by atoms with van der Waals surface area (Å²) < 4.78 is 36.0. The predicted octanol–water partition coefficient (Wildman–Crippen LogP) is 2.01. The molecule has 0 saturated heterocycles. The number of ether oxygens (including phenoxy) is 1. The molecule has 0 spiro atoms. The van der Waals surface area contributed by atoms with E-state index in [1.54, 1.807) is 0 Å². The van der Waals surface area contributed by atoms with E-state index in [-0.39, 0.29) is 18.8 Å². The third kappa shape index (κ3) is 3.02. The van der Waals surface area contributed by atoms with Gasteiger partial charge in [0.1, 0.15) is 0 Å². The van der Waals surface area contributed by atoms with Crippen LogP contribution in [0.4, 0.5) is 8.78 Å². The van der Waals surface area contributed by atoms with Gasteiger partial charge in [0.25, 0.3) is 0 Å². The van der Waals surface area contributed by atoms with Gasteiger partial charge >= 0.3 is 0 Å². The molecule has 1 unspecified atom stereocenters. The summed E-state index contributed by atoms with van der Waals surface area (Å²) in [6.07, 6.45) is 0.487. The molecule has 0 amide bonds. The van der Waals surface area contributed by atoms with Crippen LogP contribution in [0.1, 0.15) is 49.4 Å². The van der Waals surface area contributed by atoms with Crippen molar-refractivity contribution in [3.63, 3.8) is 0 Å². The van der Waals surface area contributed by atoms with Crippen LogP contribution in [0.3, 0.4) is 0 Å². The van der Waals surface area contributed by atoms with Gasteiger partial charge in [0.05, 0.1) is 12.6 Å². The second-order valence-electron chi connectivity index (χ2n) is 4.68. The Bertz CT molecular complexity index is 387. The van der Waals surface area contributed by atoms with Crippen molar-refractivity contribution in [1.29, 1.82) is 0 Å². The Labute approximate surface area is 104 Å². The van der Waals surface area contributed by atoms with E-state index in [1.165, 1.54) is 7.11 Å². The van der Waals surface area contributed by atoms with Gasteiger partial charge in [0, 0.05) is 25.9 Å². The number of hydrogen-bond donors (Lipinski definition) is 1. The van der Waals surface area contributed by atoms with Crippen LogP contribution in [0.15, 0.2) is 4.52 Å². The Morgan fingerprint density at radius 3 is 2.78 bits per heavy atom. The summed E-state index contributed by atoms with van der Waals surface area (Å²) in [5.74, 6) is -1.86. The first kappa shape index (κ1) is 13.4. The summed E-state index contributed by atoms with van der Waals surface area (Å²) in [4.78, 5) is 4.17. The average molecular weight is 261 g/mol. The van der Waals surface area contributed by atoms with Gasteiger partial charge < -0.3 is 15.0 Å². The van der Waals surface area contributed by atoms with E-state index < -0.39 is 12.0 Å². The van der Waals surface area contributed by atoms with Gasteiger partial charge in [0.15, 0.2) is 5.82 Å². The lowest BCUT2D eigenvalue weighted by molar-refractivity contribution is -0.0402. The van der Waals surface area contributed by atoms with Crippen molar-refractivity contribution >= 4 is 0 Å². The lowest BCUT2D eigenvalue weighted by Crippen LogP contribution is -2.24. The Hall–Kier alpha value is -1.08. The van der Waals surface area contributed by atoms with E-state index in [0.29, 0.717) is 31.2 Å². The molecule has 5 nitrogen and oxygen atoms in total. The number of halogens is 2. The lowest BCUT2D eigenvalue weighted by atomic mass is 9.87. The van der Waals surface area contributed by atoms with Crippen LogP contribution in [0.5, 0.6) is 0 Å². The molecule has 102 valence electrons. The summed E-state index contributed by atoms with van der Waals surface area (Å²) in [5, 5.41) is 3.77. The molecule has 0 radical (unpaired) electrons. The number of nitrogens with two attached hydrogens (primary N) is 1. The molecule has 2 rings (SSSR count). The molecule has 0 aromatic carbocycles. The molecule has 1 aromatic rings. The van der Waals surface area contributed by atoms with Crippen molar-refractivity contribution in [2.24, 2.45) is 5.73 Å². The van der Waals surface area contributed by atoms with Gasteiger partial charge in [-0.1, -0.05) is 5.16 Å². The van der Waals surface area contributed by atoms with E-state index in [2.05, 4.69) is 10.1 Å². The molecule has 1 aliphatic rings. The number of aromatic nitrogens is 2. The van der Waals surface area contributed by atoms with E-state index in [4.69, 9.17) is 15.0 Å². The molecule has 1 heterocycles. The molecular formula is C11H17F2N3O2. The molecule has 2 N–H and O–H groups in total. The van der Waals surface area contributed by atoms with Gasteiger partial charge in [-0.3, -0.25) is 0 Å². The average Bonchev–Trinajstić information content (AvgIpc) is 2.79. The minimum atomic E-state index is -2.55. The summed E-state index contributed by atoms with van der Waals surface area (Å²) in [6, 6.07) is -0.447. The number of alkyl halides is 2. The van der Waals surface area contributed by atoms with Crippen LogP contribution in [-0.2, 0) is 4.74 Å². The fourth-order valence-electron chi connectivity index (χ4n) is 2.10. The summed E-state index contributed by atoms with van der Waals surface area (Å²) in [7, 11) is 1.53. The molecular weight excluding hydrogens is 244 g/mol. The third-order valence-electron chi connectivity index (χ3n) is 3.20. The molecule has 0 bridgehead atoms. The molecule has 7 heteroatoms. The second-order valence-corrected chi connectivity index (χ2v) is 4.68. The second kappa shape index (κ2) is 5.27. The van der Waals surface area contributed by atoms with Crippen LogP contribution in [-0.4, -0.2) is 29.8 Å². The highest BCUT2D eigenvalue weighted by Crippen LogP contribution is 2.40. The van der Waals surface area contributed by atoms with Crippen LogP contribution in [0.25, 0.3) is 0 Å². The first-order chi connectivity index (χ1) is 8.52. The highest BCUT2D eigenvalue weighted by molar-refractivity contribution is 5.00. The van der Waals surface area contributed by atoms with E-state index in [9.17, 15) is 8.78 Å². The predicted molar refractivity (Wildman–Crippen MR) is 59.3 cm³/mol. The van der Waals surface area contributed by atoms with Crippen LogP contribution >= 0.6 is 0 Å². The first-order valence-electron chi connectivity index (χ1n) is 5.97. The molecule has 18 heavy (non-hydrogen) atoms. The fourth-order valence-corrected chi connectivity index (χ4v) is 2.10. The van der Waals surface area contributed by atoms with Crippen molar-refractivity contribution in [1.82, 2.24) is 10.1 Å². The molecule has 1 atom stereocenters. The SMILES string of the molecule is COCC(N)c1noc(C2CCC(F)(F)CC2)n1. The zero-order chi connectivity index (χ0) is 13.2. The van der Waals surface area contributed by atoms with Gasteiger partial charge in [-0.2, -0.15) is 4.98 Å². The van der Waals surface area contributed by atoms with E-state index >= 15 is 0 Å². The largest absolute Gasteiger partial charge is 0.383 e. The highest BCUT2D eigenvalue weighted by Gasteiger charge is 2.37. The Morgan fingerprint density at radius 2 is 2.17 bits per heavy atom. The van der Waals surface area contributed by atoms with E-state index in [1.807, 2.05) is 0 Å². The van der Waals surface area contributed by atoms with Crippen LogP contribution < -0.4 is 5.73 Å². The summed E-state index contributed by atoms with van der Waals surface area (Å²) in [5.41, 5.74) is 5.76. The summed E-state index contributed by atoms with van der Waals surface area (Å²) >= 11 is 0. The Balaban J connectivity index is 1.98.